The highest BCUT2D eigenvalue weighted by molar-refractivity contribution is 5.08. The number of nitrogens with one attached hydrogen (secondary N) is 1. The van der Waals surface area contributed by atoms with Gasteiger partial charge in [-0.2, -0.15) is 0 Å². The molecular weight excluding hydrogens is 200 g/mol. The van der Waals surface area contributed by atoms with Crippen LogP contribution in [0.25, 0.3) is 0 Å². The van der Waals surface area contributed by atoms with Crippen LogP contribution in [-0.2, 0) is 6.54 Å². The molecule has 0 aromatic carbocycles. The molecule has 82 valence electrons. The van der Waals surface area contributed by atoms with Gasteiger partial charge in [0.1, 0.15) is 6.33 Å². The van der Waals surface area contributed by atoms with Gasteiger partial charge in [-0.1, -0.05) is 6.07 Å². The molecule has 0 spiro atoms. The number of aromatic nitrogens is 3. The molecule has 0 aliphatic heterocycles. The lowest BCUT2D eigenvalue weighted by molar-refractivity contribution is 0.554. The highest BCUT2D eigenvalue weighted by atomic mass is 15.0. The second kappa shape index (κ2) is 5.32. The van der Waals surface area contributed by atoms with Gasteiger partial charge in [-0.05, 0) is 25.1 Å². The zero-order valence-corrected chi connectivity index (χ0v) is 9.17. The topological polar surface area (TPSA) is 50.7 Å². The summed E-state index contributed by atoms with van der Waals surface area (Å²) in [6.07, 6.45) is 5.11. The van der Waals surface area contributed by atoms with Crippen molar-refractivity contribution in [3.05, 3.63) is 54.4 Å². The quantitative estimate of drug-likeness (QED) is 0.842. The van der Waals surface area contributed by atoms with Crippen LogP contribution in [0.2, 0.25) is 0 Å². The van der Waals surface area contributed by atoms with E-state index in [0.717, 1.165) is 17.9 Å². The standard InChI is InChI=1S/C12H14N4/c1-10(12-4-2-3-6-14-12)15-8-11-5-7-13-9-16-11/h2-7,9-10,15H,8H2,1H3. The lowest BCUT2D eigenvalue weighted by atomic mass is 10.2. The molecule has 0 aliphatic rings. The van der Waals surface area contributed by atoms with Crippen LogP contribution >= 0.6 is 0 Å². The monoisotopic (exact) mass is 214 g/mol. The molecule has 2 heterocycles. The third kappa shape index (κ3) is 2.84. The van der Waals surface area contributed by atoms with Crippen LogP contribution in [0.1, 0.15) is 24.4 Å². The lowest BCUT2D eigenvalue weighted by Gasteiger charge is -2.12. The SMILES string of the molecule is CC(NCc1ccncn1)c1ccccn1. The first kappa shape index (κ1) is 10.7. The molecule has 2 aromatic rings. The molecule has 0 radical (unpaired) electrons. The van der Waals surface area contributed by atoms with E-state index in [4.69, 9.17) is 0 Å². The van der Waals surface area contributed by atoms with E-state index in [2.05, 4.69) is 27.2 Å². The molecule has 2 rings (SSSR count). The first-order valence-electron chi connectivity index (χ1n) is 5.25. The maximum atomic E-state index is 4.30. The molecule has 4 heteroatoms. The normalized spacial score (nSPS) is 12.3. The van der Waals surface area contributed by atoms with E-state index >= 15 is 0 Å². The van der Waals surface area contributed by atoms with Crippen molar-refractivity contribution in [1.29, 1.82) is 0 Å². The summed E-state index contributed by atoms with van der Waals surface area (Å²) in [5.74, 6) is 0. The van der Waals surface area contributed by atoms with E-state index in [0.29, 0.717) is 0 Å². The summed E-state index contributed by atoms with van der Waals surface area (Å²) >= 11 is 0. The molecule has 0 saturated carbocycles. The van der Waals surface area contributed by atoms with E-state index in [1.54, 1.807) is 18.7 Å². The van der Waals surface area contributed by atoms with Crippen LogP contribution in [0.4, 0.5) is 0 Å². The molecule has 1 N–H and O–H groups in total. The predicted molar refractivity (Wildman–Crippen MR) is 61.5 cm³/mol. The average Bonchev–Trinajstić information content (AvgIpc) is 2.38. The Hall–Kier alpha value is -1.81. The number of nitrogens with zero attached hydrogens (tertiary/aromatic N) is 3. The van der Waals surface area contributed by atoms with Gasteiger partial charge < -0.3 is 5.32 Å². The first-order chi connectivity index (χ1) is 7.86. The second-order valence-electron chi connectivity index (χ2n) is 3.56. The van der Waals surface area contributed by atoms with Crippen LogP contribution in [0.5, 0.6) is 0 Å². The summed E-state index contributed by atoms with van der Waals surface area (Å²) in [5.41, 5.74) is 2.02. The van der Waals surface area contributed by atoms with Crippen molar-refractivity contribution in [2.24, 2.45) is 0 Å². The third-order valence-electron chi connectivity index (χ3n) is 2.36. The molecule has 0 saturated heterocycles. The molecule has 1 unspecified atom stereocenters. The van der Waals surface area contributed by atoms with Crippen LogP contribution in [0, 0.1) is 0 Å². The summed E-state index contributed by atoms with van der Waals surface area (Å²) in [6.45, 7) is 2.81. The molecule has 2 aromatic heterocycles. The van der Waals surface area contributed by atoms with Crippen molar-refractivity contribution in [2.75, 3.05) is 0 Å². The maximum Gasteiger partial charge on any atom is 0.115 e. The van der Waals surface area contributed by atoms with Gasteiger partial charge in [0.25, 0.3) is 0 Å². The van der Waals surface area contributed by atoms with Crippen molar-refractivity contribution in [2.45, 2.75) is 19.5 Å². The lowest BCUT2D eigenvalue weighted by Crippen LogP contribution is -2.19. The Labute approximate surface area is 94.8 Å². The van der Waals surface area contributed by atoms with Gasteiger partial charge in [0.05, 0.1) is 11.4 Å². The Morgan fingerprint density at radius 2 is 2.12 bits per heavy atom. The van der Waals surface area contributed by atoms with Crippen molar-refractivity contribution in [3.63, 3.8) is 0 Å². The summed E-state index contributed by atoms with van der Waals surface area (Å²) in [4.78, 5) is 12.3. The van der Waals surface area contributed by atoms with Gasteiger partial charge in [-0.3, -0.25) is 4.98 Å². The van der Waals surface area contributed by atoms with Crippen LogP contribution in [0.3, 0.4) is 0 Å². The van der Waals surface area contributed by atoms with Crippen molar-refractivity contribution in [1.82, 2.24) is 20.3 Å². The Balaban J connectivity index is 1.92. The number of pyridine rings is 1. The number of rotatable bonds is 4. The number of hydrogen-bond donors (Lipinski definition) is 1. The maximum absolute atomic E-state index is 4.30. The zero-order valence-electron chi connectivity index (χ0n) is 9.17. The van der Waals surface area contributed by atoms with Crippen molar-refractivity contribution < 1.29 is 0 Å². The second-order valence-corrected chi connectivity index (χ2v) is 3.56. The summed E-state index contributed by atoms with van der Waals surface area (Å²) < 4.78 is 0. The van der Waals surface area contributed by atoms with Crippen molar-refractivity contribution in [3.8, 4) is 0 Å². The van der Waals surface area contributed by atoms with E-state index in [-0.39, 0.29) is 6.04 Å². The van der Waals surface area contributed by atoms with E-state index < -0.39 is 0 Å². The molecular formula is C12H14N4. The first-order valence-corrected chi connectivity index (χ1v) is 5.25. The molecule has 4 nitrogen and oxygen atoms in total. The van der Waals surface area contributed by atoms with E-state index in [1.165, 1.54) is 0 Å². The fraction of sp³-hybridized carbons (Fsp3) is 0.250. The number of hydrogen-bond acceptors (Lipinski definition) is 4. The van der Waals surface area contributed by atoms with Gasteiger partial charge in [0, 0.05) is 25.0 Å². The molecule has 0 amide bonds. The highest BCUT2D eigenvalue weighted by Gasteiger charge is 2.05. The summed E-state index contributed by atoms with van der Waals surface area (Å²) in [7, 11) is 0. The van der Waals surface area contributed by atoms with Crippen LogP contribution < -0.4 is 5.32 Å². The predicted octanol–water partition coefficient (Wildman–Crippen LogP) is 1.72. The Morgan fingerprint density at radius 3 is 2.81 bits per heavy atom. The largest absolute Gasteiger partial charge is 0.303 e. The van der Waals surface area contributed by atoms with E-state index in [9.17, 15) is 0 Å². The van der Waals surface area contributed by atoms with Gasteiger partial charge >= 0.3 is 0 Å². The molecule has 0 fully saturated rings. The van der Waals surface area contributed by atoms with Crippen molar-refractivity contribution >= 4 is 0 Å². The highest BCUT2D eigenvalue weighted by Crippen LogP contribution is 2.08. The molecule has 0 bridgehead atoms. The van der Waals surface area contributed by atoms with Crippen LogP contribution in [0.15, 0.2) is 43.0 Å². The van der Waals surface area contributed by atoms with Gasteiger partial charge in [-0.15, -0.1) is 0 Å². The fourth-order valence-corrected chi connectivity index (χ4v) is 1.42. The summed E-state index contributed by atoms with van der Waals surface area (Å²) in [6, 6.07) is 8.04. The average molecular weight is 214 g/mol. The zero-order chi connectivity index (χ0) is 11.2. The van der Waals surface area contributed by atoms with Gasteiger partial charge in [-0.25, -0.2) is 9.97 Å². The molecule has 0 aliphatic carbocycles. The Bertz CT molecular complexity index is 416. The fourth-order valence-electron chi connectivity index (χ4n) is 1.42. The minimum absolute atomic E-state index is 0.219. The van der Waals surface area contributed by atoms with Crippen LogP contribution in [-0.4, -0.2) is 15.0 Å². The minimum atomic E-state index is 0.219. The summed E-state index contributed by atoms with van der Waals surface area (Å²) in [5, 5.41) is 3.36. The Morgan fingerprint density at radius 1 is 1.19 bits per heavy atom. The third-order valence-corrected chi connectivity index (χ3v) is 2.36. The van der Waals surface area contributed by atoms with Gasteiger partial charge in [0.15, 0.2) is 0 Å². The molecule has 1 atom stereocenters. The smallest absolute Gasteiger partial charge is 0.115 e. The molecule has 16 heavy (non-hydrogen) atoms. The minimum Gasteiger partial charge on any atom is -0.303 e. The van der Waals surface area contributed by atoms with E-state index in [1.807, 2.05) is 24.3 Å². The Kier molecular flexibility index (Phi) is 3.56. The van der Waals surface area contributed by atoms with Gasteiger partial charge in [0.2, 0.25) is 0 Å².